The van der Waals surface area contributed by atoms with Crippen LogP contribution in [0.2, 0.25) is 0 Å². The minimum Gasteiger partial charge on any atom is -0.396 e. The number of fused-ring (bicyclic) bond motifs is 4. The summed E-state index contributed by atoms with van der Waals surface area (Å²) in [6.07, 6.45) is 3.61. The van der Waals surface area contributed by atoms with E-state index in [1.165, 1.54) is 12.1 Å². The molecule has 0 radical (unpaired) electrons. The number of nitrogens with one attached hydrogen (secondary N) is 1. The number of amides is 1. The number of carbonyl (C=O) groups excluding carboxylic acids is 1. The van der Waals surface area contributed by atoms with Crippen LogP contribution in [0.25, 0.3) is 6.08 Å². The Balaban J connectivity index is 1.64. The molecule has 7 heteroatoms. The average molecular weight is 411 g/mol. The standard InChI is InChI=1S/C23H26FN3O3/c1-3-4-15-7-10-18-21-20(22(29)25-11-14-5-8-16(24)9-6-14)17(13-28)19(26(21)2)12-27(18)23(15)30/h3-10,17,19-21,28H,11-13H2,1-2H3,(H,25,29)/b4-3-/t17-,19-,20+,21+/m1/s1. The summed E-state index contributed by atoms with van der Waals surface area (Å²) in [6.45, 7) is 2.45. The largest absolute Gasteiger partial charge is 0.396 e. The zero-order valence-corrected chi connectivity index (χ0v) is 17.1. The van der Waals surface area contributed by atoms with Gasteiger partial charge in [0.1, 0.15) is 5.82 Å². The highest BCUT2D eigenvalue weighted by molar-refractivity contribution is 5.80. The van der Waals surface area contributed by atoms with Gasteiger partial charge in [-0.25, -0.2) is 4.39 Å². The number of hydrogen-bond donors (Lipinski definition) is 2. The summed E-state index contributed by atoms with van der Waals surface area (Å²) in [6, 6.07) is 9.30. The second-order valence-corrected chi connectivity index (χ2v) is 8.02. The predicted molar refractivity (Wildman–Crippen MR) is 112 cm³/mol. The number of nitrogens with zero attached hydrogens (tertiary/aromatic N) is 2. The Hall–Kier alpha value is -2.77. The Labute approximate surface area is 174 Å². The van der Waals surface area contributed by atoms with Crippen LogP contribution in [0.15, 0.2) is 47.3 Å². The molecular formula is C23H26FN3O3. The Morgan fingerprint density at radius 3 is 2.67 bits per heavy atom. The van der Waals surface area contributed by atoms with Crippen LogP contribution in [-0.4, -0.2) is 40.2 Å². The van der Waals surface area contributed by atoms with E-state index in [9.17, 15) is 19.1 Å². The quantitative estimate of drug-likeness (QED) is 0.789. The fraction of sp³-hybridized carbons (Fsp3) is 0.391. The van der Waals surface area contributed by atoms with E-state index in [0.29, 0.717) is 12.1 Å². The summed E-state index contributed by atoms with van der Waals surface area (Å²) >= 11 is 0. The summed E-state index contributed by atoms with van der Waals surface area (Å²) in [4.78, 5) is 28.2. The van der Waals surface area contributed by atoms with Crippen molar-refractivity contribution in [1.29, 1.82) is 0 Å². The lowest BCUT2D eigenvalue weighted by Crippen LogP contribution is -2.44. The van der Waals surface area contributed by atoms with E-state index in [1.807, 2.05) is 26.1 Å². The van der Waals surface area contributed by atoms with Crippen molar-refractivity contribution in [3.05, 3.63) is 75.5 Å². The van der Waals surface area contributed by atoms with E-state index in [0.717, 1.165) is 11.3 Å². The number of hydrogen-bond acceptors (Lipinski definition) is 4. The molecule has 1 amide bonds. The highest BCUT2D eigenvalue weighted by Crippen LogP contribution is 2.47. The average Bonchev–Trinajstić information content (AvgIpc) is 2.92. The number of carbonyl (C=O) groups is 1. The molecule has 1 aromatic carbocycles. The first-order valence-electron chi connectivity index (χ1n) is 10.2. The summed E-state index contributed by atoms with van der Waals surface area (Å²) in [5.41, 5.74) is 2.14. The van der Waals surface area contributed by atoms with Gasteiger partial charge in [-0.15, -0.1) is 0 Å². The van der Waals surface area contributed by atoms with Crippen molar-refractivity contribution in [1.82, 2.24) is 14.8 Å². The lowest BCUT2D eigenvalue weighted by molar-refractivity contribution is -0.127. The third-order valence-corrected chi connectivity index (χ3v) is 6.41. The molecule has 1 saturated heterocycles. The molecule has 4 atom stereocenters. The number of rotatable bonds is 5. The van der Waals surface area contributed by atoms with E-state index in [4.69, 9.17) is 0 Å². The summed E-state index contributed by atoms with van der Waals surface area (Å²) in [5.74, 6) is -1.25. The zero-order chi connectivity index (χ0) is 21.4. The Kier molecular flexibility index (Phi) is 5.58. The lowest BCUT2D eigenvalue weighted by Gasteiger charge is -2.35. The molecule has 2 aliphatic heterocycles. The minimum atomic E-state index is -0.480. The van der Waals surface area contributed by atoms with E-state index in [2.05, 4.69) is 10.2 Å². The maximum Gasteiger partial charge on any atom is 0.258 e. The Morgan fingerprint density at radius 2 is 2.00 bits per heavy atom. The van der Waals surface area contributed by atoms with Gasteiger partial charge in [-0.3, -0.25) is 14.5 Å². The number of aliphatic hydroxyl groups is 1. The SMILES string of the molecule is C/C=C\c1ccc2n(c1=O)C[C@@H]1[C@@H](CO)[C@H](C(=O)NCc3ccc(F)cc3)[C@H]2N1C. The van der Waals surface area contributed by atoms with Gasteiger partial charge < -0.3 is 15.0 Å². The molecule has 2 bridgehead atoms. The number of allylic oxidation sites excluding steroid dienone is 1. The number of likely N-dealkylation sites (N-methyl/N-ethyl adjacent to an activating group) is 1. The third-order valence-electron chi connectivity index (χ3n) is 6.41. The summed E-state index contributed by atoms with van der Waals surface area (Å²) in [5, 5.41) is 13.0. The van der Waals surface area contributed by atoms with Crippen LogP contribution in [-0.2, 0) is 17.9 Å². The van der Waals surface area contributed by atoms with Crippen LogP contribution in [0.4, 0.5) is 4.39 Å². The van der Waals surface area contributed by atoms with Crippen LogP contribution in [0.3, 0.4) is 0 Å². The fourth-order valence-electron chi connectivity index (χ4n) is 4.92. The van der Waals surface area contributed by atoms with Crippen LogP contribution in [0.5, 0.6) is 0 Å². The van der Waals surface area contributed by atoms with Crippen molar-refractivity contribution in [2.24, 2.45) is 11.8 Å². The van der Waals surface area contributed by atoms with Crippen LogP contribution >= 0.6 is 0 Å². The fourth-order valence-corrected chi connectivity index (χ4v) is 4.92. The van der Waals surface area contributed by atoms with Gasteiger partial charge in [-0.2, -0.15) is 0 Å². The minimum absolute atomic E-state index is 0.0715. The van der Waals surface area contributed by atoms with Gasteiger partial charge in [0.05, 0.1) is 12.0 Å². The number of halogens is 1. The molecule has 2 aromatic rings. The number of aliphatic hydroxyl groups excluding tert-OH is 1. The molecule has 158 valence electrons. The molecular weight excluding hydrogens is 385 g/mol. The lowest BCUT2D eigenvalue weighted by atomic mass is 9.86. The number of aromatic nitrogens is 1. The molecule has 0 saturated carbocycles. The molecule has 4 rings (SSSR count). The van der Waals surface area contributed by atoms with Crippen molar-refractivity contribution >= 4 is 12.0 Å². The van der Waals surface area contributed by atoms with E-state index in [-0.39, 0.29) is 48.4 Å². The summed E-state index contributed by atoms with van der Waals surface area (Å²) in [7, 11) is 1.94. The van der Waals surface area contributed by atoms with E-state index >= 15 is 0 Å². The van der Waals surface area contributed by atoms with Crippen molar-refractivity contribution in [3.63, 3.8) is 0 Å². The van der Waals surface area contributed by atoms with Crippen molar-refractivity contribution in [2.45, 2.75) is 32.1 Å². The molecule has 2 N–H and O–H groups in total. The molecule has 1 aromatic heterocycles. The molecule has 1 fully saturated rings. The van der Waals surface area contributed by atoms with Gasteiger partial charge in [-0.05, 0) is 43.8 Å². The molecule has 30 heavy (non-hydrogen) atoms. The first-order valence-corrected chi connectivity index (χ1v) is 10.2. The second kappa shape index (κ2) is 8.16. The monoisotopic (exact) mass is 411 g/mol. The van der Waals surface area contributed by atoms with Gasteiger partial charge in [0.2, 0.25) is 5.91 Å². The van der Waals surface area contributed by atoms with Crippen molar-refractivity contribution < 1.29 is 14.3 Å². The molecule has 3 heterocycles. The van der Waals surface area contributed by atoms with Crippen molar-refractivity contribution in [3.8, 4) is 0 Å². The predicted octanol–water partition coefficient (Wildman–Crippen LogP) is 1.93. The van der Waals surface area contributed by atoms with Gasteiger partial charge in [-0.1, -0.05) is 24.3 Å². The van der Waals surface area contributed by atoms with E-state index in [1.54, 1.807) is 28.8 Å². The zero-order valence-electron chi connectivity index (χ0n) is 17.1. The first-order chi connectivity index (χ1) is 14.5. The molecule has 0 unspecified atom stereocenters. The van der Waals surface area contributed by atoms with Crippen LogP contribution in [0.1, 0.15) is 29.8 Å². The van der Waals surface area contributed by atoms with Crippen molar-refractivity contribution in [2.75, 3.05) is 13.7 Å². The van der Waals surface area contributed by atoms with Gasteiger partial charge in [0.25, 0.3) is 5.56 Å². The highest BCUT2D eigenvalue weighted by atomic mass is 19.1. The smallest absolute Gasteiger partial charge is 0.258 e. The third kappa shape index (κ3) is 3.38. The highest BCUT2D eigenvalue weighted by Gasteiger charge is 2.54. The van der Waals surface area contributed by atoms with Gasteiger partial charge >= 0.3 is 0 Å². The van der Waals surface area contributed by atoms with Gasteiger partial charge in [0.15, 0.2) is 0 Å². The maximum atomic E-state index is 13.2. The maximum absolute atomic E-state index is 13.2. The molecule has 2 aliphatic rings. The topological polar surface area (TPSA) is 74.6 Å². The second-order valence-electron chi connectivity index (χ2n) is 8.02. The van der Waals surface area contributed by atoms with E-state index < -0.39 is 5.92 Å². The van der Waals surface area contributed by atoms with Crippen LogP contribution in [0, 0.1) is 17.7 Å². The Bertz CT molecular complexity index is 1030. The molecule has 6 nitrogen and oxygen atoms in total. The normalized spacial score (nSPS) is 25.5. The van der Waals surface area contributed by atoms with Gasteiger partial charge in [0, 0.05) is 42.9 Å². The molecule has 0 aliphatic carbocycles. The molecule has 0 spiro atoms. The van der Waals surface area contributed by atoms with Crippen LogP contribution < -0.4 is 10.9 Å². The number of benzene rings is 1. The number of pyridine rings is 1. The first kappa shape index (κ1) is 20.5. The Morgan fingerprint density at radius 1 is 1.27 bits per heavy atom. The summed E-state index contributed by atoms with van der Waals surface area (Å²) < 4.78 is 14.9.